The Labute approximate surface area is 193 Å². The molecule has 0 bridgehead atoms. The fourth-order valence-corrected chi connectivity index (χ4v) is 4.57. The van der Waals surface area contributed by atoms with E-state index in [0.717, 1.165) is 23.1 Å². The summed E-state index contributed by atoms with van der Waals surface area (Å²) in [7, 11) is -4.22. The maximum atomic E-state index is 13.2. The molecular formula is C23H30N2O7S. The van der Waals surface area contributed by atoms with Crippen molar-refractivity contribution in [1.82, 2.24) is 9.62 Å². The number of hydrogen-bond donors (Lipinski definition) is 2. The van der Waals surface area contributed by atoms with Crippen LogP contribution >= 0.6 is 0 Å². The minimum absolute atomic E-state index is 0.0904. The lowest BCUT2D eigenvalue weighted by Gasteiger charge is -2.26. The number of nitrogens with one attached hydrogen (secondary N) is 1. The van der Waals surface area contributed by atoms with Crippen molar-refractivity contribution in [2.75, 3.05) is 19.7 Å². The van der Waals surface area contributed by atoms with Crippen LogP contribution in [0.3, 0.4) is 0 Å². The van der Waals surface area contributed by atoms with Gasteiger partial charge in [0.1, 0.15) is 12.6 Å². The Balaban J connectivity index is 2.30. The SMILES string of the molecule is CCCCCN(CC(=O)OCC)C(=O)[C@H](CC(=O)O)NS(=O)(=O)c1ccc2ccccc2c1. The zero-order valence-electron chi connectivity index (χ0n) is 18.8. The van der Waals surface area contributed by atoms with Crippen LogP contribution in [0.4, 0.5) is 0 Å². The van der Waals surface area contributed by atoms with Crippen molar-refractivity contribution in [2.24, 2.45) is 0 Å². The van der Waals surface area contributed by atoms with E-state index >= 15 is 0 Å². The molecule has 0 aromatic heterocycles. The summed E-state index contributed by atoms with van der Waals surface area (Å²) in [6.45, 7) is 3.53. The van der Waals surface area contributed by atoms with Crippen molar-refractivity contribution in [3.63, 3.8) is 0 Å². The molecule has 2 aromatic carbocycles. The van der Waals surface area contributed by atoms with Gasteiger partial charge in [-0.05, 0) is 36.2 Å². The fraction of sp³-hybridized carbons (Fsp3) is 0.435. The number of rotatable bonds is 13. The molecule has 0 saturated heterocycles. The zero-order valence-corrected chi connectivity index (χ0v) is 19.6. The van der Waals surface area contributed by atoms with E-state index in [1.54, 1.807) is 25.1 Å². The van der Waals surface area contributed by atoms with Crippen LogP contribution in [0.2, 0.25) is 0 Å². The first kappa shape index (κ1) is 26.3. The van der Waals surface area contributed by atoms with E-state index in [1.165, 1.54) is 12.1 Å². The average Bonchev–Trinajstić information content (AvgIpc) is 2.77. The number of amides is 1. The summed E-state index contributed by atoms with van der Waals surface area (Å²) in [5.74, 6) is -2.78. The summed E-state index contributed by atoms with van der Waals surface area (Å²) >= 11 is 0. The monoisotopic (exact) mass is 478 g/mol. The van der Waals surface area contributed by atoms with E-state index in [-0.39, 0.29) is 24.6 Å². The molecule has 2 N–H and O–H groups in total. The Hall–Kier alpha value is -2.98. The van der Waals surface area contributed by atoms with Gasteiger partial charge in [0, 0.05) is 6.54 Å². The maximum absolute atomic E-state index is 13.2. The van der Waals surface area contributed by atoms with E-state index < -0.39 is 40.3 Å². The van der Waals surface area contributed by atoms with Crippen LogP contribution in [-0.4, -0.2) is 62.0 Å². The third-order valence-electron chi connectivity index (χ3n) is 4.97. The smallest absolute Gasteiger partial charge is 0.325 e. The first-order chi connectivity index (χ1) is 15.7. The summed E-state index contributed by atoms with van der Waals surface area (Å²) in [5.41, 5.74) is 0. The number of aliphatic carboxylic acids is 1. The van der Waals surface area contributed by atoms with Crippen LogP contribution in [-0.2, 0) is 29.1 Å². The quantitative estimate of drug-likeness (QED) is 0.334. The number of carboxylic acid groups (broad SMARTS) is 1. The molecule has 9 nitrogen and oxygen atoms in total. The van der Waals surface area contributed by atoms with E-state index in [4.69, 9.17) is 4.74 Å². The van der Waals surface area contributed by atoms with Gasteiger partial charge in [0.25, 0.3) is 0 Å². The van der Waals surface area contributed by atoms with Gasteiger partial charge in [-0.25, -0.2) is 8.42 Å². The highest BCUT2D eigenvalue weighted by molar-refractivity contribution is 7.89. The summed E-state index contributed by atoms with van der Waals surface area (Å²) < 4.78 is 33.2. The van der Waals surface area contributed by atoms with Crippen LogP contribution in [0.1, 0.15) is 39.5 Å². The predicted octanol–water partition coefficient (Wildman–Crippen LogP) is 2.54. The van der Waals surface area contributed by atoms with Crippen molar-refractivity contribution >= 4 is 38.6 Å². The van der Waals surface area contributed by atoms with Gasteiger partial charge >= 0.3 is 11.9 Å². The van der Waals surface area contributed by atoms with E-state index in [1.807, 2.05) is 19.1 Å². The number of carbonyl (C=O) groups excluding carboxylic acids is 2. The number of carbonyl (C=O) groups is 3. The second-order valence-corrected chi connectivity index (χ2v) is 9.27. The zero-order chi connectivity index (χ0) is 24.4. The highest BCUT2D eigenvalue weighted by atomic mass is 32.2. The van der Waals surface area contributed by atoms with Crippen LogP contribution < -0.4 is 4.72 Å². The van der Waals surface area contributed by atoms with Gasteiger partial charge in [0.2, 0.25) is 15.9 Å². The minimum Gasteiger partial charge on any atom is -0.481 e. The summed E-state index contributed by atoms with van der Waals surface area (Å²) in [4.78, 5) is 37.6. The third-order valence-corrected chi connectivity index (χ3v) is 6.44. The molecule has 0 unspecified atom stereocenters. The molecule has 0 aliphatic carbocycles. The molecule has 0 aliphatic heterocycles. The van der Waals surface area contributed by atoms with Gasteiger partial charge in [-0.15, -0.1) is 0 Å². The van der Waals surface area contributed by atoms with Crippen LogP contribution in [0.5, 0.6) is 0 Å². The number of carboxylic acids is 1. The van der Waals surface area contributed by atoms with Crippen molar-refractivity contribution in [3.05, 3.63) is 42.5 Å². The van der Waals surface area contributed by atoms with Crippen LogP contribution in [0.15, 0.2) is 47.4 Å². The van der Waals surface area contributed by atoms with Gasteiger partial charge < -0.3 is 14.7 Å². The molecule has 1 atom stereocenters. The van der Waals surface area contributed by atoms with Crippen molar-refractivity contribution in [2.45, 2.75) is 50.5 Å². The molecule has 0 radical (unpaired) electrons. The molecule has 2 aromatic rings. The van der Waals surface area contributed by atoms with Gasteiger partial charge in [-0.3, -0.25) is 14.4 Å². The third kappa shape index (κ3) is 7.83. The molecule has 0 heterocycles. The Morgan fingerprint density at radius 3 is 2.39 bits per heavy atom. The molecule has 0 spiro atoms. The molecule has 1 amide bonds. The highest BCUT2D eigenvalue weighted by Crippen LogP contribution is 2.19. The van der Waals surface area contributed by atoms with Gasteiger partial charge in [0.15, 0.2) is 0 Å². The lowest BCUT2D eigenvalue weighted by Crippen LogP contribution is -2.51. The standard InChI is InChI=1S/C23H30N2O7S/c1-3-5-8-13-25(16-22(28)32-4-2)23(29)20(15-21(26)27)24-33(30,31)19-12-11-17-9-6-7-10-18(17)14-19/h6-7,9-12,14,20,24H,3-5,8,13,15-16H2,1-2H3,(H,26,27)/t20-/m0/s1. The number of esters is 1. The first-order valence-electron chi connectivity index (χ1n) is 10.8. The molecule has 0 aliphatic rings. The number of sulfonamides is 1. The van der Waals surface area contributed by atoms with Crippen LogP contribution in [0, 0.1) is 0 Å². The number of nitrogens with zero attached hydrogens (tertiary/aromatic N) is 1. The lowest BCUT2D eigenvalue weighted by molar-refractivity contribution is -0.150. The fourth-order valence-electron chi connectivity index (χ4n) is 3.35. The average molecular weight is 479 g/mol. The Kier molecular flexibility index (Phi) is 9.80. The number of fused-ring (bicyclic) bond motifs is 1. The molecule has 180 valence electrons. The summed E-state index contributed by atoms with van der Waals surface area (Å²) in [5, 5.41) is 10.8. The Morgan fingerprint density at radius 1 is 1.06 bits per heavy atom. The van der Waals surface area contributed by atoms with Gasteiger partial charge in [-0.1, -0.05) is 50.1 Å². The molecule has 0 saturated carbocycles. The van der Waals surface area contributed by atoms with Crippen molar-refractivity contribution in [1.29, 1.82) is 0 Å². The van der Waals surface area contributed by atoms with Crippen molar-refractivity contribution < 1.29 is 32.6 Å². The molecule has 2 rings (SSSR count). The minimum atomic E-state index is -4.22. The second kappa shape index (κ2) is 12.3. The first-order valence-corrected chi connectivity index (χ1v) is 12.3. The normalized spacial score (nSPS) is 12.3. The highest BCUT2D eigenvalue weighted by Gasteiger charge is 2.32. The molecule has 10 heteroatoms. The molecule has 33 heavy (non-hydrogen) atoms. The summed E-state index contributed by atoms with van der Waals surface area (Å²) in [6.07, 6.45) is 1.48. The Bertz CT molecular complexity index is 1090. The summed E-state index contributed by atoms with van der Waals surface area (Å²) in [6, 6.07) is 10.1. The van der Waals surface area contributed by atoms with Gasteiger partial charge in [0.05, 0.1) is 17.9 Å². The van der Waals surface area contributed by atoms with E-state index in [9.17, 15) is 27.9 Å². The topological polar surface area (TPSA) is 130 Å². The second-order valence-electron chi connectivity index (χ2n) is 7.55. The molecule has 0 fully saturated rings. The maximum Gasteiger partial charge on any atom is 0.325 e. The number of unbranched alkanes of at least 4 members (excludes halogenated alkanes) is 2. The Morgan fingerprint density at radius 2 is 1.76 bits per heavy atom. The predicted molar refractivity (Wildman–Crippen MR) is 123 cm³/mol. The number of ether oxygens (including phenoxy) is 1. The lowest BCUT2D eigenvalue weighted by atomic mass is 10.1. The van der Waals surface area contributed by atoms with Gasteiger partial charge in [-0.2, -0.15) is 4.72 Å². The van der Waals surface area contributed by atoms with Crippen molar-refractivity contribution in [3.8, 4) is 0 Å². The molecular weight excluding hydrogens is 448 g/mol. The largest absolute Gasteiger partial charge is 0.481 e. The number of benzene rings is 2. The van der Waals surface area contributed by atoms with Crippen LogP contribution in [0.25, 0.3) is 10.8 Å². The van der Waals surface area contributed by atoms with E-state index in [0.29, 0.717) is 11.8 Å². The number of hydrogen-bond acceptors (Lipinski definition) is 6. The van der Waals surface area contributed by atoms with E-state index in [2.05, 4.69) is 4.72 Å².